The lowest BCUT2D eigenvalue weighted by molar-refractivity contribution is 0.142. The third kappa shape index (κ3) is 1.62. The Bertz CT molecular complexity index is 132. The lowest BCUT2D eigenvalue weighted by atomic mass is 10.4. The van der Waals surface area contributed by atoms with Crippen molar-refractivity contribution in [2.45, 2.75) is 32.2 Å². The van der Waals surface area contributed by atoms with Crippen LogP contribution in [0.3, 0.4) is 0 Å². The Morgan fingerprint density at radius 2 is 2.30 bits per heavy atom. The van der Waals surface area contributed by atoms with E-state index in [-0.39, 0.29) is 0 Å². The highest BCUT2D eigenvalue weighted by Gasteiger charge is 2.31. The molecule has 58 valence electrons. The van der Waals surface area contributed by atoms with E-state index >= 15 is 0 Å². The molecule has 0 bridgehead atoms. The molecule has 3 heteroatoms. The van der Waals surface area contributed by atoms with Gasteiger partial charge in [0.1, 0.15) is 0 Å². The largest absolute Gasteiger partial charge is 0.465 e. The van der Waals surface area contributed by atoms with Crippen LogP contribution >= 0.6 is 0 Å². The zero-order valence-corrected chi connectivity index (χ0v) is 6.21. The van der Waals surface area contributed by atoms with Gasteiger partial charge < -0.3 is 10.0 Å². The van der Waals surface area contributed by atoms with Crippen molar-refractivity contribution in [3.8, 4) is 0 Å². The van der Waals surface area contributed by atoms with Crippen molar-refractivity contribution in [2.24, 2.45) is 0 Å². The highest BCUT2D eigenvalue weighted by molar-refractivity contribution is 5.65. The first kappa shape index (κ1) is 7.38. The van der Waals surface area contributed by atoms with Gasteiger partial charge in [-0.3, -0.25) is 0 Å². The average molecular weight is 143 g/mol. The molecule has 1 fully saturated rings. The van der Waals surface area contributed by atoms with Gasteiger partial charge in [-0.25, -0.2) is 4.79 Å². The van der Waals surface area contributed by atoms with Crippen molar-refractivity contribution in [1.82, 2.24) is 4.90 Å². The molecule has 0 radical (unpaired) electrons. The molecule has 0 aromatic rings. The molecule has 10 heavy (non-hydrogen) atoms. The number of rotatable bonds is 3. The fourth-order valence-corrected chi connectivity index (χ4v) is 1.06. The Hall–Kier alpha value is -0.730. The van der Waals surface area contributed by atoms with E-state index in [1.54, 1.807) is 4.90 Å². The molecule has 0 heterocycles. The van der Waals surface area contributed by atoms with Crippen LogP contribution in [0.15, 0.2) is 0 Å². The molecule has 1 amide bonds. The fourth-order valence-electron chi connectivity index (χ4n) is 1.06. The molecular formula is C7H13NO2. The number of hydrogen-bond acceptors (Lipinski definition) is 1. The molecule has 1 N–H and O–H groups in total. The van der Waals surface area contributed by atoms with E-state index in [9.17, 15) is 4.79 Å². The van der Waals surface area contributed by atoms with Gasteiger partial charge in [0, 0.05) is 12.6 Å². The minimum absolute atomic E-state index is 0.345. The lowest BCUT2D eigenvalue weighted by Crippen LogP contribution is -2.32. The van der Waals surface area contributed by atoms with Crippen LogP contribution in [-0.2, 0) is 0 Å². The van der Waals surface area contributed by atoms with Gasteiger partial charge in [0.25, 0.3) is 0 Å². The Morgan fingerprint density at radius 1 is 1.70 bits per heavy atom. The quantitative estimate of drug-likeness (QED) is 0.651. The van der Waals surface area contributed by atoms with Crippen LogP contribution in [0.25, 0.3) is 0 Å². The lowest BCUT2D eigenvalue weighted by Gasteiger charge is -2.16. The van der Waals surface area contributed by atoms with Crippen molar-refractivity contribution in [3.63, 3.8) is 0 Å². The topological polar surface area (TPSA) is 40.5 Å². The number of carbonyl (C=O) groups is 1. The van der Waals surface area contributed by atoms with Gasteiger partial charge >= 0.3 is 6.09 Å². The molecule has 1 aliphatic rings. The molecule has 3 nitrogen and oxygen atoms in total. The monoisotopic (exact) mass is 143 g/mol. The third-order valence-corrected chi connectivity index (χ3v) is 1.70. The number of amides is 1. The SMILES string of the molecule is CCCN(C(=O)O)C1CC1. The molecular weight excluding hydrogens is 130 g/mol. The molecule has 0 aliphatic heterocycles. The van der Waals surface area contributed by atoms with Gasteiger partial charge in [-0.05, 0) is 19.3 Å². The number of carboxylic acid groups (broad SMARTS) is 1. The summed E-state index contributed by atoms with van der Waals surface area (Å²) in [7, 11) is 0. The first-order valence-electron chi connectivity index (χ1n) is 3.75. The molecule has 1 saturated carbocycles. The van der Waals surface area contributed by atoms with Gasteiger partial charge in [-0.15, -0.1) is 0 Å². The van der Waals surface area contributed by atoms with Gasteiger partial charge in [0.2, 0.25) is 0 Å². The summed E-state index contributed by atoms with van der Waals surface area (Å²) in [4.78, 5) is 12.0. The zero-order chi connectivity index (χ0) is 7.56. The normalized spacial score (nSPS) is 16.9. The van der Waals surface area contributed by atoms with E-state index in [2.05, 4.69) is 0 Å². The number of hydrogen-bond donors (Lipinski definition) is 1. The second kappa shape index (κ2) is 2.90. The molecule has 0 aromatic heterocycles. The summed E-state index contributed by atoms with van der Waals surface area (Å²) in [5.41, 5.74) is 0. The maximum atomic E-state index is 10.5. The van der Waals surface area contributed by atoms with Crippen LogP contribution in [0, 0.1) is 0 Å². The van der Waals surface area contributed by atoms with Crippen LogP contribution in [0.5, 0.6) is 0 Å². The highest BCUT2D eigenvalue weighted by Crippen LogP contribution is 2.26. The van der Waals surface area contributed by atoms with Crippen LogP contribution in [0.2, 0.25) is 0 Å². The standard InChI is InChI=1S/C7H13NO2/c1-2-5-8(7(9)10)6-3-4-6/h6H,2-5H2,1H3,(H,9,10). The van der Waals surface area contributed by atoms with E-state index in [0.29, 0.717) is 12.6 Å². The summed E-state index contributed by atoms with van der Waals surface area (Å²) in [6, 6.07) is 0.345. The summed E-state index contributed by atoms with van der Waals surface area (Å²) in [6.45, 7) is 2.69. The van der Waals surface area contributed by atoms with Gasteiger partial charge in [-0.1, -0.05) is 6.92 Å². The van der Waals surface area contributed by atoms with Gasteiger partial charge in [-0.2, -0.15) is 0 Å². The maximum absolute atomic E-state index is 10.5. The minimum atomic E-state index is -0.760. The molecule has 0 atom stereocenters. The molecule has 0 aromatic carbocycles. The predicted octanol–water partition coefficient (Wildman–Crippen LogP) is 1.54. The van der Waals surface area contributed by atoms with Crippen molar-refractivity contribution in [2.75, 3.05) is 6.54 Å². The van der Waals surface area contributed by atoms with Gasteiger partial charge in [0.05, 0.1) is 0 Å². The molecule has 1 rings (SSSR count). The summed E-state index contributed by atoms with van der Waals surface area (Å²) in [6.07, 6.45) is 2.28. The van der Waals surface area contributed by atoms with E-state index in [4.69, 9.17) is 5.11 Å². The Morgan fingerprint density at radius 3 is 2.60 bits per heavy atom. The maximum Gasteiger partial charge on any atom is 0.407 e. The molecule has 1 aliphatic carbocycles. The summed E-state index contributed by atoms with van der Waals surface area (Å²) < 4.78 is 0. The van der Waals surface area contributed by atoms with E-state index in [0.717, 1.165) is 19.3 Å². The molecule has 0 unspecified atom stereocenters. The fraction of sp³-hybridized carbons (Fsp3) is 0.857. The second-order valence-electron chi connectivity index (χ2n) is 2.71. The molecule has 0 spiro atoms. The average Bonchev–Trinajstić information content (AvgIpc) is 2.63. The summed E-state index contributed by atoms with van der Waals surface area (Å²) >= 11 is 0. The molecule has 0 saturated heterocycles. The first-order chi connectivity index (χ1) is 4.75. The van der Waals surface area contributed by atoms with Crippen LogP contribution < -0.4 is 0 Å². The Kier molecular flexibility index (Phi) is 2.14. The Labute approximate surface area is 60.6 Å². The van der Waals surface area contributed by atoms with Crippen molar-refractivity contribution >= 4 is 6.09 Å². The van der Waals surface area contributed by atoms with Crippen LogP contribution in [-0.4, -0.2) is 28.7 Å². The van der Waals surface area contributed by atoms with Crippen LogP contribution in [0.1, 0.15) is 26.2 Å². The van der Waals surface area contributed by atoms with E-state index in [1.165, 1.54) is 0 Å². The summed E-state index contributed by atoms with van der Waals surface area (Å²) in [5.74, 6) is 0. The second-order valence-corrected chi connectivity index (χ2v) is 2.71. The van der Waals surface area contributed by atoms with E-state index in [1.807, 2.05) is 6.92 Å². The van der Waals surface area contributed by atoms with Gasteiger partial charge in [0.15, 0.2) is 0 Å². The Balaban J connectivity index is 2.34. The van der Waals surface area contributed by atoms with Crippen LogP contribution in [0.4, 0.5) is 4.79 Å². The minimum Gasteiger partial charge on any atom is -0.465 e. The zero-order valence-electron chi connectivity index (χ0n) is 6.21. The van der Waals surface area contributed by atoms with Crippen molar-refractivity contribution < 1.29 is 9.90 Å². The number of nitrogens with zero attached hydrogens (tertiary/aromatic N) is 1. The van der Waals surface area contributed by atoms with Crippen molar-refractivity contribution in [3.05, 3.63) is 0 Å². The van der Waals surface area contributed by atoms with E-state index < -0.39 is 6.09 Å². The first-order valence-corrected chi connectivity index (χ1v) is 3.75. The van der Waals surface area contributed by atoms with Crippen molar-refractivity contribution in [1.29, 1.82) is 0 Å². The smallest absolute Gasteiger partial charge is 0.407 e. The highest BCUT2D eigenvalue weighted by atomic mass is 16.4. The summed E-state index contributed by atoms with van der Waals surface area (Å²) in [5, 5.41) is 8.64. The predicted molar refractivity (Wildman–Crippen MR) is 38.0 cm³/mol. The third-order valence-electron chi connectivity index (χ3n) is 1.70.